The van der Waals surface area contributed by atoms with Gasteiger partial charge in [0.05, 0.1) is 5.25 Å². The van der Waals surface area contributed by atoms with Gasteiger partial charge in [-0.05, 0) is 12.5 Å². The highest BCUT2D eigenvalue weighted by atomic mass is 35.7. The van der Waals surface area contributed by atoms with Gasteiger partial charge in [0.15, 0.2) is 0 Å². The van der Waals surface area contributed by atoms with E-state index in [-0.39, 0.29) is 0 Å². The van der Waals surface area contributed by atoms with E-state index >= 15 is 0 Å². The molecule has 4 heteroatoms. The van der Waals surface area contributed by atoms with Gasteiger partial charge in [-0.2, -0.15) is 0 Å². The Bertz CT molecular complexity index is 345. The Kier molecular flexibility index (Phi) is 2.75. The molecule has 0 spiro atoms. The molecule has 66 valence electrons. The lowest BCUT2D eigenvalue weighted by atomic mass is 10.2. The van der Waals surface area contributed by atoms with Crippen molar-refractivity contribution in [3.8, 4) is 0 Å². The van der Waals surface area contributed by atoms with Crippen LogP contribution in [-0.4, -0.2) is 8.42 Å². The highest BCUT2D eigenvalue weighted by Crippen LogP contribution is 2.24. The molecule has 0 fully saturated rings. The van der Waals surface area contributed by atoms with E-state index in [9.17, 15) is 8.42 Å². The van der Waals surface area contributed by atoms with E-state index in [1.165, 1.54) is 0 Å². The Morgan fingerprint density at radius 1 is 1.25 bits per heavy atom. The van der Waals surface area contributed by atoms with E-state index < -0.39 is 14.3 Å². The minimum absolute atomic E-state index is 0.639. The summed E-state index contributed by atoms with van der Waals surface area (Å²) in [5, 5.41) is -0.639. The normalized spacial score (nSPS) is 14.2. The van der Waals surface area contributed by atoms with E-state index in [4.69, 9.17) is 10.7 Å². The van der Waals surface area contributed by atoms with Crippen LogP contribution in [0.5, 0.6) is 0 Å². The van der Waals surface area contributed by atoms with Crippen molar-refractivity contribution in [2.45, 2.75) is 12.2 Å². The van der Waals surface area contributed by atoms with E-state index in [2.05, 4.69) is 0 Å². The molecule has 0 N–H and O–H groups in total. The van der Waals surface area contributed by atoms with Crippen LogP contribution in [0.3, 0.4) is 0 Å². The molecule has 0 saturated carbocycles. The first-order valence-electron chi connectivity index (χ1n) is 3.50. The predicted molar refractivity (Wildman–Crippen MR) is 49.6 cm³/mol. The second kappa shape index (κ2) is 3.46. The van der Waals surface area contributed by atoms with Crippen molar-refractivity contribution in [2.75, 3.05) is 0 Å². The highest BCUT2D eigenvalue weighted by Gasteiger charge is 2.18. The van der Waals surface area contributed by atoms with Gasteiger partial charge in [0.1, 0.15) is 0 Å². The minimum Gasteiger partial charge on any atom is -0.212 e. The number of hydrogen-bond donors (Lipinski definition) is 0. The summed E-state index contributed by atoms with van der Waals surface area (Å²) in [6.45, 7) is 1.57. The highest BCUT2D eigenvalue weighted by molar-refractivity contribution is 8.13. The SMILES string of the molecule is CC(c1ccccc1)S(=O)(=O)Cl. The third kappa shape index (κ3) is 2.22. The maximum Gasteiger partial charge on any atom is 0.239 e. The summed E-state index contributed by atoms with van der Waals surface area (Å²) < 4.78 is 21.8. The van der Waals surface area contributed by atoms with Crippen LogP contribution in [0.25, 0.3) is 0 Å². The van der Waals surface area contributed by atoms with Crippen molar-refractivity contribution in [3.63, 3.8) is 0 Å². The van der Waals surface area contributed by atoms with Crippen LogP contribution in [-0.2, 0) is 9.05 Å². The average molecular weight is 205 g/mol. The molecule has 1 atom stereocenters. The Morgan fingerprint density at radius 2 is 1.75 bits per heavy atom. The molecular weight excluding hydrogens is 196 g/mol. The van der Waals surface area contributed by atoms with Crippen LogP contribution < -0.4 is 0 Å². The Balaban J connectivity index is 3.02. The van der Waals surface area contributed by atoms with Gasteiger partial charge in [0.2, 0.25) is 9.05 Å². The van der Waals surface area contributed by atoms with Crippen LogP contribution in [0, 0.1) is 0 Å². The summed E-state index contributed by atoms with van der Waals surface area (Å²) in [6.07, 6.45) is 0. The molecule has 0 aliphatic heterocycles. The number of rotatable bonds is 2. The van der Waals surface area contributed by atoms with Gasteiger partial charge < -0.3 is 0 Å². The van der Waals surface area contributed by atoms with Gasteiger partial charge in [-0.25, -0.2) is 8.42 Å². The third-order valence-corrected chi connectivity index (χ3v) is 3.61. The molecule has 0 aliphatic rings. The van der Waals surface area contributed by atoms with Crippen molar-refractivity contribution in [1.82, 2.24) is 0 Å². The van der Waals surface area contributed by atoms with Crippen molar-refractivity contribution >= 4 is 19.7 Å². The van der Waals surface area contributed by atoms with Gasteiger partial charge in [0, 0.05) is 10.7 Å². The predicted octanol–water partition coefficient (Wildman–Crippen LogP) is 2.32. The molecule has 0 aliphatic carbocycles. The molecule has 1 aromatic carbocycles. The molecule has 0 saturated heterocycles. The van der Waals surface area contributed by atoms with E-state index in [0.29, 0.717) is 5.56 Å². The molecule has 0 bridgehead atoms. The minimum atomic E-state index is -3.48. The Labute approximate surface area is 76.6 Å². The summed E-state index contributed by atoms with van der Waals surface area (Å²) in [6, 6.07) is 8.88. The maximum atomic E-state index is 10.9. The first-order valence-corrected chi connectivity index (χ1v) is 5.87. The topological polar surface area (TPSA) is 34.1 Å². The molecule has 1 aromatic rings. The van der Waals surface area contributed by atoms with Crippen LogP contribution in [0.4, 0.5) is 0 Å². The van der Waals surface area contributed by atoms with Gasteiger partial charge in [-0.15, -0.1) is 0 Å². The van der Waals surface area contributed by atoms with Gasteiger partial charge >= 0.3 is 0 Å². The van der Waals surface area contributed by atoms with Gasteiger partial charge in [-0.1, -0.05) is 30.3 Å². The molecule has 0 radical (unpaired) electrons. The van der Waals surface area contributed by atoms with E-state index in [1.807, 2.05) is 6.07 Å². The van der Waals surface area contributed by atoms with Crippen LogP contribution in [0.2, 0.25) is 0 Å². The van der Waals surface area contributed by atoms with Gasteiger partial charge in [-0.3, -0.25) is 0 Å². The van der Waals surface area contributed by atoms with E-state index in [0.717, 1.165) is 0 Å². The lowest BCUT2D eigenvalue weighted by Crippen LogP contribution is -2.01. The molecule has 0 heterocycles. The van der Waals surface area contributed by atoms with E-state index in [1.54, 1.807) is 31.2 Å². The van der Waals surface area contributed by atoms with Crippen molar-refractivity contribution in [2.24, 2.45) is 0 Å². The fraction of sp³-hybridized carbons (Fsp3) is 0.250. The second-order valence-electron chi connectivity index (χ2n) is 2.53. The zero-order chi connectivity index (χ0) is 9.19. The zero-order valence-corrected chi connectivity index (χ0v) is 8.14. The molecule has 12 heavy (non-hydrogen) atoms. The Hall–Kier alpha value is -0.540. The largest absolute Gasteiger partial charge is 0.239 e. The molecule has 0 amide bonds. The molecule has 1 unspecified atom stereocenters. The first-order chi connectivity index (χ1) is 5.52. The maximum absolute atomic E-state index is 10.9. The average Bonchev–Trinajstić information content (AvgIpc) is 2.03. The fourth-order valence-electron chi connectivity index (χ4n) is 0.887. The summed E-state index contributed by atoms with van der Waals surface area (Å²) in [5.74, 6) is 0. The van der Waals surface area contributed by atoms with Gasteiger partial charge in [0.25, 0.3) is 0 Å². The zero-order valence-electron chi connectivity index (χ0n) is 6.57. The lowest BCUT2D eigenvalue weighted by Gasteiger charge is -2.06. The van der Waals surface area contributed by atoms with Crippen LogP contribution in [0.15, 0.2) is 30.3 Å². The summed E-state index contributed by atoms with van der Waals surface area (Å²) >= 11 is 0. The fourth-order valence-corrected chi connectivity index (χ4v) is 1.68. The smallest absolute Gasteiger partial charge is 0.212 e. The van der Waals surface area contributed by atoms with Crippen LogP contribution in [0.1, 0.15) is 17.7 Å². The first kappa shape index (κ1) is 9.55. The van der Waals surface area contributed by atoms with Crippen LogP contribution >= 0.6 is 10.7 Å². The van der Waals surface area contributed by atoms with Crippen molar-refractivity contribution in [3.05, 3.63) is 35.9 Å². The Morgan fingerprint density at radius 3 is 2.17 bits per heavy atom. The van der Waals surface area contributed by atoms with Crippen molar-refractivity contribution < 1.29 is 8.42 Å². The lowest BCUT2D eigenvalue weighted by molar-refractivity contribution is 0.600. The molecule has 0 aromatic heterocycles. The summed E-state index contributed by atoms with van der Waals surface area (Å²) in [7, 11) is 1.71. The molecule has 1 rings (SSSR count). The number of hydrogen-bond acceptors (Lipinski definition) is 2. The monoisotopic (exact) mass is 204 g/mol. The summed E-state index contributed by atoms with van der Waals surface area (Å²) in [4.78, 5) is 0. The molecule has 2 nitrogen and oxygen atoms in total. The standard InChI is InChI=1S/C8H9ClO2S/c1-7(12(9,10)11)8-5-3-2-4-6-8/h2-7H,1H3. The molecular formula is C8H9ClO2S. The van der Waals surface area contributed by atoms with Crippen molar-refractivity contribution in [1.29, 1.82) is 0 Å². The number of halogens is 1. The third-order valence-electron chi connectivity index (χ3n) is 1.69. The second-order valence-corrected chi connectivity index (χ2v) is 5.48. The number of benzene rings is 1. The quantitative estimate of drug-likeness (QED) is 0.693. The summed E-state index contributed by atoms with van der Waals surface area (Å²) in [5.41, 5.74) is 0.715.